The Balaban J connectivity index is 1.80. The Kier molecular flexibility index (Phi) is 3.45. The van der Waals surface area contributed by atoms with Gasteiger partial charge in [-0.1, -0.05) is 6.92 Å². The van der Waals surface area contributed by atoms with E-state index in [2.05, 4.69) is 19.3 Å². The first-order chi connectivity index (χ1) is 6.81. The molecule has 82 valence electrons. The summed E-state index contributed by atoms with van der Waals surface area (Å²) in [5, 5.41) is 3.43. The zero-order valence-electron chi connectivity index (χ0n) is 9.46. The lowest BCUT2D eigenvalue weighted by Gasteiger charge is -2.22. The summed E-state index contributed by atoms with van der Waals surface area (Å²) in [4.78, 5) is 0. The Bertz CT molecular complexity index is 177. The van der Waals surface area contributed by atoms with Crippen molar-refractivity contribution in [2.45, 2.75) is 51.2 Å². The van der Waals surface area contributed by atoms with Crippen LogP contribution in [0.4, 0.5) is 0 Å². The van der Waals surface area contributed by atoms with Crippen LogP contribution >= 0.6 is 0 Å². The van der Waals surface area contributed by atoms with Gasteiger partial charge in [0.2, 0.25) is 0 Å². The first-order valence-electron chi connectivity index (χ1n) is 6.10. The minimum Gasteiger partial charge on any atom is -0.378 e. The van der Waals surface area contributed by atoms with Gasteiger partial charge in [0.25, 0.3) is 0 Å². The number of hydrogen-bond acceptors (Lipinski definition) is 2. The van der Waals surface area contributed by atoms with Gasteiger partial charge < -0.3 is 10.1 Å². The fourth-order valence-corrected chi connectivity index (χ4v) is 3.16. The molecule has 14 heavy (non-hydrogen) atoms. The second-order valence-corrected chi connectivity index (χ2v) is 4.96. The van der Waals surface area contributed by atoms with Crippen LogP contribution in [0.3, 0.4) is 0 Å². The third-order valence-electron chi connectivity index (χ3n) is 4.19. The summed E-state index contributed by atoms with van der Waals surface area (Å²) in [5.41, 5.74) is 0. The van der Waals surface area contributed by atoms with Gasteiger partial charge in [-0.2, -0.15) is 0 Å². The molecule has 2 heteroatoms. The highest BCUT2D eigenvalue weighted by atomic mass is 16.5. The van der Waals surface area contributed by atoms with E-state index in [0.29, 0.717) is 6.10 Å². The Hall–Kier alpha value is -0.0800. The molecular formula is C12H23NO. The molecule has 0 amide bonds. The Morgan fingerprint density at radius 2 is 2.14 bits per heavy atom. The monoisotopic (exact) mass is 197 g/mol. The summed E-state index contributed by atoms with van der Waals surface area (Å²) < 4.78 is 5.71. The molecule has 1 aliphatic carbocycles. The lowest BCUT2D eigenvalue weighted by molar-refractivity contribution is 0.0835. The maximum Gasteiger partial charge on any atom is 0.0578 e. The minimum atomic E-state index is 0.582. The molecule has 1 aliphatic heterocycles. The second kappa shape index (κ2) is 4.63. The lowest BCUT2D eigenvalue weighted by atomic mass is 9.90. The van der Waals surface area contributed by atoms with Crippen molar-refractivity contribution in [3.8, 4) is 0 Å². The van der Waals surface area contributed by atoms with E-state index in [-0.39, 0.29) is 0 Å². The van der Waals surface area contributed by atoms with Crippen molar-refractivity contribution >= 4 is 0 Å². The summed E-state index contributed by atoms with van der Waals surface area (Å²) in [7, 11) is 2.09. The highest BCUT2D eigenvalue weighted by Crippen LogP contribution is 2.36. The molecular weight excluding hydrogens is 174 g/mol. The van der Waals surface area contributed by atoms with Gasteiger partial charge in [-0.25, -0.2) is 0 Å². The third-order valence-corrected chi connectivity index (χ3v) is 4.19. The van der Waals surface area contributed by atoms with E-state index >= 15 is 0 Å². The number of hydrogen-bond donors (Lipinski definition) is 1. The van der Waals surface area contributed by atoms with Gasteiger partial charge in [0.05, 0.1) is 6.10 Å². The Morgan fingerprint density at radius 1 is 1.29 bits per heavy atom. The molecule has 2 nitrogen and oxygen atoms in total. The van der Waals surface area contributed by atoms with Crippen LogP contribution in [0, 0.1) is 11.8 Å². The van der Waals surface area contributed by atoms with E-state index in [1.54, 1.807) is 0 Å². The number of rotatable bonds is 3. The maximum absolute atomic E-state index is 5.71. The van der Waals surface area contributed by atoms with Gasteiger partial charge in [-0.15, -0.1) is 0 Å². The molecule has 1 saturated carbocycles. The smallest absolute Gasteiger partial charge is 0.0578 e. The van der Waals surface area contributed by atoms with E-state index in [1.807, 2.05) is 0 Å². The van der Waals surface area contributed by atoms with E-state index in [4.69, 9.17) is 4.74 Å². The second-order valence-electron chi connectivity index (χ2n) is 4.96. The normalized spacial score (nSPS) is 43.3. The van der Waals surface area contributed by atoms with Crippen molar-refractivity contribution in [1.82, 2.24) is 5.32 Å². The van der Waals surface area contributed by atoms with Crippen LogP contribution in [0.15, 0.2) is 0 Å². The van der Waals surface area contributed by atoms with Gasteiger partial charge >= 0.3 is 0 Å². The largest absolute Gasteiger partial charge is 0.378 e. The predicted octanol–water partition coefficient (Wildman–Crippen LogP) is 2.19. The number of ether oxygens (including phenoxy) is 1. The van der Waals surface area contributed by atoms with Crippen molar-refractivity contribution < 1.29 is 4.74 Å². The van der Waals surface area contributed by atoms with Crippen LogP contribution < -0.4 is 5.32 Å². The van der Waals surface area contributed by atoms with Crippen LogP contribution in [0.5, 0.6) is 0 Å². The maximum atomic E-state index is 5.71. The Labute approximate surface area is 87.4 Å². The van der Waals surface area contributed by atoms with E-state index in [0.717, 1.165) is 24.5 Å². The summed E-state index contributed by atoms with van der Waals surface area (Å²) in [6.45, 7) is 3.40. The van der Waals surface area contributed by atoms with Crippen LogP contribution in [0.1, 0.15) is 39.0 Å². The molecule has 4 unspecified atom stereocenters. The molecule has 0 aromatic rings. The summed E-state index contributed by atoms with van der Waals surface area (Å²) in [5.74, 6) is 1.74. The topological polar surface area (TPSA) is 21.3 Å². The molecule has 4 atom stereocenters. The zero-order chi connectivity index (χ0) is 9.97. The fraction of sp³-hybridized carbons (Fsp3) is 1.00. The average molecular weight is 197 g/mol. The average Bonchev–Trinajstić information content (AvgIpc) is 2.79. The lowest BCUT2D eigenvalue weighted by Crippen LogP contribution is -2.30. The molecule has 0 aromatic heterocycles. The van der Waals surface area contributed by atoms with E-state index in [1.165, 1.54) is 32.1 Å². The van der Waals surface area contributed by atoms with Crippen LogP contribution in [-0.2, 0) is 4.74 Å². The molecule has 1 saturated heterocycles. The third kappa shape index (κ3) is 2.12. The molecule has 2 fully saturated rings. The first kappa shape index (κ1) is 10.4. The molecule has 0 aromatic carbocycles. The molecule has 0 spiro atoms. The van der Waals surface area contributed by atoms with E-state index in [9.17, 15) is 0 Å². The Morgan fingerprint density at radius 3 is 2.71 bits per heavy atom. The van der Waals surface area contributed by atoms with Crippen molar-refractivity contribution in [2.24, 2.45) is 11.8 Å². The molecule has 0 radical (unpaired) electrons. The zero-order valence-corrected chi connectivity index (χ0v) is 9.46. The summed E-state index contributed by atoms with van der Waals surface area (Å²) >= 11 is 0. The predicted molar refractivity (Wildman–Crippen MR) is 58.3 cm³/mol. The first-order valence-corrected chi connectivity index (χ1v) is 6.10. The quantitative estimate of drug-likeness (QED) is 0.749. The summed E-state index contributed by atoms with van der Waals surface area (Å²) in [6, 6.07) is 0.751. The van der Waals surface area contributed by atoms with Gasteiger partial charge in [0.1, 0.15) is 0 Å². The molecule has 1 N–H and O–H groups in total. The molecule has 1 heterocycles. The van der Waals surface area contributed by atoms with Crippen molar-refractivity contribution in [1.29, 1.82) is 0 Å². The van der Waals surface area contributed by atoms with Gasteiger partial charge in [-0.3, -0.25) is 0 Å². The van der Waals surface area contributed by atoms with Crippen molar-refractivity contribution in [2.75, 3.05) is 13.7 Å². The molecule has 2 aliphatic rings. The van der Waals surface area contributed by atoms with Crippen LogP contribution in [-0.4, -0.2) is 25.8 Å². The van der Waals surface area contributed by atoms with Gasteiger partial charge in [0.15, 0.2) is 0 Å². The van der Waals surface area contributed by atoms with Crippen LogP contribution in [0.25, 0.3) is 0 Å². The summed E-state index contributed by atoms with van der Waals surface area (Å²) in [6.07, 6.45) is 7.22. The van der Waals surface area contributed by atoms with E-state index < -0.39 is 0 Å². The van der Waals surface area contributed by atoms with Crippen molar-refractivity contribution in [3.63, 3.8) is 0 Å². The SMILES string of the molecule is CNC1CCC(CC2CCCO2)C1C. The number of nitrogens with one attached hydrogen (secondary N) is 1. The van der Waals surface area contributed by atoms with Crippen molar-refractivity contribution in [3.05, 3.63) is 0 Å². The molecule has 2 rings (SSSR count). The highest BCUT2D eigenvalue weighted by molar-refractivity contribution is 4.87. The standard InChI is InChI=1S/C12H23NO/c1-9-10(5-6-12(9)13-2)8-11-4-3-7-14-11/h9-13H,3-8H2,1-2H3. The fourth-order valence-electron chi connectivity index (χ4n) is 3.16. The highest BCUT2D eigenvalue weighted by Gasteiger charge is 2.33. The molecule has 0 bridgehead atoms. The minimum absolute atomic E-state index is 0.582. The van der Waals surface area contributed by atoms with Gasteiger partial charge in [0, 0.05) is 12.6 Å². The van der Waals surface area contributed by atoms with Gasteiger partial charge in [-0.05, 0) is 51.0 Å². The van der Waals surface area contributed by atoms with Crippen LogP contribution in [0.2, 0.25) is 0 Å².